The molecule has 0 N–H and O–H groups in total. The van der Waals surface area contributed by atoms with E-state index in [0.717, 1.165) is 5.56 Å². The van der Waals surface area contributed by atoms with Gasteiger partial charge in [-0.3, -0.25) is 0 Å². The van der Waals surface area contributed by atoms with Crippen LogP contribution >= 0.6 is 0 Å². The van der Waals surface area contributed by atoms with Crippen LogP contribution in [0.25, 0.3) is 0 Å². The molecule has 3 aliphatic heterocycles. The lowest BCUT2D eigenvalue weighted by atomic mass is 9.99. The first-order valence-electron chi connectivity index (χ1n) is 8.81. The van der Waals surface area contributed by atoms with E-state index in [1.54, 1.807) is 0 Å². The van der Waals surface area contributed by atoms with Crippen LogP contribution in [0.4, 0.5) is 0 Å². The number of hydrogen-bond donors (Lipinski definition) is 0. The molecule has 3 saturated heterocycles. The third-order valence-electron chi connectivity index (χ3n) is 4.64. The summed E-state index contributed by atoms with van der Waals surface area (Å²) in [7, 11) is 0. The van der Waals surface area contributed by atoms with E-state index in [4.69, 9.17) is 28.4 Å². The maximum Gasteiger partial charge on any atom is 0.190 e. The lowest BCUT2D eigenvalue weighted by molar-refractivity contribution is -0.243. The zero-order valence-corrected chi connectivity index (χ0v) is 15.1. The standard InChI is InChI=1S/C19H26O6/c1-18(2)22-14-13(11-20-10-12-8-6-5-7-9-12)21-17-16(15(14)23-18)24-19(3,4)25-17/h5-9,13-17H,10-11H2,1-4H3/t13?,14-,15-,16+,17?/m1/s1. The van der Waals surface area contributed by atoms with E-state index in [2.05, 4.69) is 0 Å². The van der Waals surface area contributed by atoms with Crippen LogP contribution in [0.15, 0.2) is 30.3 Å². The minimum Gasteiger partial charge on any atom is -0.374 e. The van der Waals surface area contributed by atoms with Crippen molar-refractivity contribution in [3.05, 3.63) is 35.9 Å². The predicted molar refractivity (Wildman–Crippen MR) is 88.6 cm³/mol. The largest absolute Gasteiger partial charge is 0.374 e. The first kappa shape index (κ1) is 17.4. The van der Waals surface area contributed by atoms with Crippen molar-refractivity contribution < 1.29 is 28.4 Å². The Labute approximate surface area is 148 Å². The zero-order valence-electron chi connectivity index (χ0n) is 15.1. The molecule has 138 valence electrons. The predicted octanol–water partition coefficient (Wildman–Crippen LogP) is 2.60. The lowest BCUT2D eigenvalue weighted by Crippen LogP contribution is -2.56. The van der Waals surface area contributed by atoms with Gasteiger partial charge in [0.05, 0.1) is 13.2 Å². The Kier molecular flexibility index (Phi) is 4.38. The van der Waals surface area contributed by atoms with Crippen LogP contribution in [0, 0.1) is 0 Å². The molecule has 25 heavy (non-hydrogen) atoms. The zero-order chi connectivity index (χ0) is 17.7. The van der Waals surface area contributed by atoms with Crippen molar-refractivity contribution in [1.82, 2.24) is 0 Å². The minimum atomic E-state index is -0.699. The molecule has 0 radical (unpaired) electrons. The summed E-state index contributed by atoms with van der Waals surface area (Å²) < 4.78 is 36.0. The molecular formula is C19H26O6. The highest BCUT2D eigenvalue weighted by Gasteiger charge is 2.60. The van der Waals surface area contributed by atoms with Gasteiger partial charge in [-0.25, -0.2) is 0 Å². The average molecular weight is 350 g/mol. The maximum absolute atomic E-state index is 6.11. The average Bonchev–Trinajstić information content (AvgIpc) is 3.03. The lowest BCUT2D eigenvalue weighted by Gasteiger charge is -2.37. The first-order chi connectivity index (χ1) is 11.8. The number of hydrogen-bond acceptors (Lipinski definition) is 6. The summed E-state index contributed by atoms with van der Waals surface area (Å²) in [4.78, 5) is 0. The Hall–Kier alpha value is -1.02. The summed E-state index contributed by atoms with van der Waals surface area (Å²) in [5.41, 5.74) is 1.12. The van der Waals surface area contributed by atoms with E-state index in [1.165, 1.54) is 0 Å². The first-order valence-corrected chi connectivity index (χ1v) is 8.81. The van der Waals surface area contributed by atoms with Gasteiger partial charge in [0.1, 0.15) is 24.4 Å². The highest BCUT2D eigenvalue weighted by Crippen LogP contribution is 2.44. The fourth-order valence-corrected chi connectivity index (χ4v) is 3.69. The minimum absolute atomic E-state index is 0.235. The maximum atomic E-state index is 6.11. The smallest absolute Gasteiger partial charge is 0.190 e. The molecule has 2 unspecified atom stereocenters. The quantitative estimate of drug-likeness (QED) is 0.832. The second-order valence-electron chi connectivity index (χ2n) is 7.71. The molecule has 0 spiro atoms. The van der Waals surface area contributed by atoms with E-state index in [1.807, 2.05) is 58.0 Å². The fourth-order valence-electron chi connectivity index (χ4n) is 3.69. The van der Waals surface area contributed by atoms with Crippen LogP contribution < -0.4 is 0 Å². The second-order valence-corrected chi connectivity index (χ2v) is 7.71. The topological polar surface area (TPSA) is 55.4 Å². The Balaban J connectivity index is 1.44. The van der Waals surface area contributed by atoms with Crippen molar-refractivity contribution >= 4 is 0 Å². The fraction of sp³-hybridized carbons (Fsp3) is 0.684. The molecule has 3 heterocycles. The van der Waals surface area contributed by atoms with Gasteiger partial charge in [0.25, 0.3) is 0 Å². The summed E-state index contributed by atoms with van der Waals surface area (Å²) in [6.45, 7) is 8.51. The third kappa shape index (κ3) is 3.60. The molecule has 0 bridgehead atoms. The van der Waals surface area contributed by atoms with Crippen LogP contribution in [0.3, 0.4) is 0 Å². The molecule has 1 aromatic carbocycles. The molecule has 3 fully saturated rings. The number of ether oxygens (including phenoxy) is 6. The molecule has 0 aromatic heterocycles. The van der Waals surface area contributed by atoms with Gasteiger partial charge >= 0.3 is 0 Å². The van der Waals surface area contributed by atoms with Gasteiger partial charge in [0, 0.05) is 0 Å². The molecule has 4 rings (SSSR count). The molecule has 6 heteroatoms. The van der Waals surface area contributed by atoms with E-state index in [0.29, 0.717) is 13.2 Å². The van der Waals surface area contributed by atoms with E-state index >= 15 is 0 Å². The third-order valence-corrected chi connectivity index (χ3v) is 4.64. The van der Waals surface area contributed by atoms with Crippen LogP contribution in [-0.4, -0.2) is 48.9 Å². The van der Waals surface area contributed by atoms with Gasteiger partial charge < -0.3 is 28.4 Å². The van der Waals surface area contributed by atoms with Crippen LogP contribution in [-0.2, 0) is 35.0 Å². The monoisotopic (exact) mass is 350 g/mol. The molecule has 0 amide bonds. The summed E-state index contributed by atoms with van der Waals surface area (Å²) >= 11 is 0. The summed E-state index contributed by atoms with van der Waals surface area (Å²) in [6, 6.07) is 10.1. The van der Waals surface area contributed by atoms with Crippen LogP contribution in [0.5, 0.6) is 0 Å². The van der Waals surface area contributed by atoms with Gasteiger partial charge in [0.2, 0.25) is 0 Å². The molecule has 3 aliphatic rings. The van der Waals surface area contributed by atoms with E-state index in [9.17, 15) is 0 Å². The summed E-state index contributed by atoms with van der Waals surface area (Å²) in [5, 5.41) is 0. The Bertz CT molecular complexity index is 601. The van der Waals surface area contributed by atoms with Crippen molar-refractivity contribution in [1.29, 1.82) is 0 Å². The van der Waals surface area contributed by atoms with Gasteiger partial charge in [-0.15, -0.1) is 0 Å². The molecule has 5 atom stereocenters. The number of rotatable bonds is 4. The van der Waals surface area contributed by atoms with Crippen molar-refractivity contribution in [2.45, 2.75) is 76.6 Å². The second kappa shape index (κ2) is 6.30. The van der Waals surface area contributed by atoms with Gasteiger partial charge in [-0.1, -0.05) is 30.3 Å². The SMILES string of the molecule is CC1(C)O[C@@H]2[C@H](O1)C(COCc1ccccc1)OC1OC(C)(C)O[C@H]12. The Morgan fingerprint density at radius 3 is 2.24 bits per heavy atom. The number of benzene rings is 1. The molecule has 0 saturated carbocycles. The Morgan fingerprint density at radius 2 is 1.48 bits per heavy atom. The van der Waals surface area contributed by atoms with Crippen molar-refractivity contribution in [2.24, 2.45) is 0 Å². The highest BCUT2D eigenvalue weighted by molar-refractivity contribution is 5.13. The molecule has 6 nitrogen and oxygen atoms in total. The van der Waals surface area contributed by atoms with E-state index in [-0.39, 0.29) is 24.4 Å². The molecule has 0 aliphatic carbocycles. The Morgan fingerprint density at radius 1 is 0.840 bits per heavy atom. The van der Waals surface area contributed by atoms with Crippen LogP contribution in [0.2, 0.25) is 0 Å². The van der Waals surface area contributed by atoms with E-state index < -0.39 is 17.9 Å². The van der Waals surface area contributed by atoms with Crippen LogP contribution in [0.1, 0.15) is 33.3 Å². The number of fused-ring (bicyclic) bond motifs is 3. The normalized spacial score (nSPS) is 38.3. The van der Waals surface area contributed by atoms with Gasteiger partial charge in [-0.05, 0) is 33.3 Å². The van der Waals surface area contributed by atoms with Gasteiger partial charge in [-0.2, -0.15) is 0 Å². The van der Waals surface area contributed by atoms with Crippen molar-refractivity contribution in [2.75, 3.05) is 6.61 Å². The summed E-state index contributed by atoms with van der Waals surface area (Å²) in [6.07, 6.45) is -1.52. The van der Waals surface area contributed by atoms with Gasteiger partial charge in [0.15, 0.2) is 17.9 Å². The molecule has 1 aromatic rings. The van der Waals surface area contributed by atoms with Crippen molar-refractivity contribution in [3.8, 4) is 0 Å². The highest BCUT2D eigenvalue weighted by atomic mass is 16.9. The summed E-state index contributed by atoms with van der Waals surface area (Å²) in [5.74, 6) is -1.38. The molecular weight excluding hydrogens is 324 g/mol. The van der Waals surface area contributed by atoms with Crippen molar-refractivity contribution in [3.63, 3.8) is 0 Å².